The number of nitrogens with one attached hydrogen (secondary N) is 2. The molecular formula is C29H23Cl3N8O6S4. The van der Waals surface area contributed by atoms with Gasteiger partial charge in [0.1, 0.15) is 26.8 Å². The summed E-state index contributed by atoms with van der Waals surface area (Å²) in [6.07, 6.45) is 7.64. The first-order valence-electron chi connectivity index (χ1n) is 13.8. The van der Waals surface area contributed by atoms with Crippen molar-refractivity contribution in [1.29, 1.82) is 0 Å². The van der Waals surface area contributed by atoms with Crippen molar-refractivity contribution in [3.05, 3.63) is 116 Å². The molecule has 0 aliphatic heterocycles. The Bertz CT molecular complexity index is 2280. The lowest BCUT2D eigenvalue weighted by molar-refractivity contribution is 0.290. The van der Waals surface area contributed by atoms with Crippen molar-refractivity contribution >= 4 is 89.2 Å². The second-order valence-electron chi connectivity index (χ2n) is 9.60. The highest BCUT2D eigenvalue weighted by Gasteiger charge is 2.22. The molecule has 0 spiro atoms. The number of anilines is 2. The van der Waals surface area contributed by atoms with Gasteiger partial charge in [0, 0.05) is 24.2 Å². The van der Waals surface area contributed by atoms with Gasteiger partial charge in [-0.1, -0.05) is 46.9 Å². The van der Waals surface area contributed by atoms with Gasteiger partial charge in [0.2, 0.25) is 11.6 Å². The largest absolute Gasteiger partial charge is 0.470 e. The molecule has 0 saturated carbocycles. The maximum absolute atomic E-state index is 12.4. The Balaban J connectivity index is 0.000000194. The fraction of sp³-hybridized carbons (Fsp3) is 0.103. The van der Waals surface area contributed by atoms with Crippen molar-refractivity contribution in [3.8, 4) is 11.8 Å². The Labute approximate surface area is 309 Å². The smallest absolute Gasteiger partial charge is 0.272 e. The SMILES string of the molecule is Cc1cnc(NS(=O)(=O)c2ccc(Cl)s2)c(OCc2cccnc2)n1.O=S(=O)(Nc1nc(Cl)cnc1OCc1ccccn1)c1ccc(Cl)s1. The number of nitrogens with zero attached hydrogens (tertiary/aromatic N) is 6. The number of pyridine rings is 2. The standard InChI is InChI=1S/C15H13ClN4O3S2.C14H10Cl2N4O3S2/c1-10-7-18-14(20-25(21,22)13-5-4-12(16)24-13)15(19-10)23-9-11-3-2-6-17-8-11;15-10-7-18-14(23-8-9-3-1-2-6-17-9)13(19-10)20-25(21,22)12-5-4-11(16)24-12/h2-8H,9H2,1H3,(H,18,20);1-7H,8H2,(H,19,20). The van der Waals surface area contributed by atoms with E-state index in [0.717, 1.165) is 28.2 Å². The third-order valence-electron chi connectivity index (χ3n) is 5.84. The van der Waals surface area contributed by atoms with Gasteiger partial charge >= 0.3 is 0 Å². The second kappa shape index (κ2) is 16.7. The second-order valence-corrected chi connectivity index (χ2v) is 17.2. The Hall–Kier alpha value is -4.17. The van der Waals surface area contributed by atoms with Gasteiger partial charge in [0.15, 0.2) is 0 Å². The summed E-state index contributed by atoms with van der Waals surface area (Å²) in [6.45, 7) is 2.02. The van der Waals surface area contributed by atoms with Crippen LogP contribution < -0.4 is 18.9 Å². The molecule has 14 nitrogen and oxygen atoms in total. The Morgan fingerprint density at radius 3 is 1.96 bits per heavy atom. The Morgan fingerprint density at radius 2 is 1.36 bits per heavy atom. The Kier molecular flexibility index (Phi) is 12.4. The maximum Gasteiger partial charge on any atom is 0.272 e. The molecule has 50 heavy (non-hydrogen) atoms. The molecule has 0 aliphatic carbocycles. The van der Waals surface area contributed by atoms with E-state index in [-0.39, 0.29) is 50.2 Å². The molecule has 0 unspecified atom stereocenters. The summed E-state index contributed by atoms with van der Waals surface area (Å²) in [6, 6.07) is 14.8. The quantitative estimate of drug-likeness (QED) is 0.130. The predicted octanol–water partition coefficient (Wildman–Crippen LogP) is 6.89. The number of aryl methyl sites for hydroxylation is 1. The van der Waals surface area contributed by atoms with Gasteiger partial charge < -0.3 is 9.47 Å². The first-order valence-corrected chi connectivity index (χ1v) is 19.6. The summed E-state index contributed by atoms with van der Waals surface area (Å²) < 4.78 is 66.4. The van der Waals surface area contributed by atoms with Crippen LogP contribution in [0.2, 0.25) is 13.8 Å². The molecule has 0 saturated heterocycles. The molecule has 0 amide bonds. The fourth-order valence-corrected chi connectivity index (χ4v) is 8.76. The summed E-state index contributed by atoms with van der Waals surface area (Å²) in [7, 11) is -7.71. The molecule has 6 aromatic rings. The van der Waals surface area contributed by atoms with Crippen LogP contribution in [-0.2, 0) is 33.3 Å². The van der Waals surface area contributed by atoms with E-state index in [9.17, 15) is 16.8 Å². The summed E-state index contributed by atoms with van der Waals surface area (Å²) >= 11 is 19.3. The van der Waals surface area contributed by atoms with Crippen LogP contribution in [0.25, 0.3) is 0 Å². The lowest BCUT2D eigenvalue weighted by Crippen LogP contribution is -2.14. The van der Waals surface area contributed by atoms with Crippen molar-refractivity contribution in [2.45, 2.75) is 28.6 Å². The van der Waals surface area contributed by atoms with Gasteiger partial charge in [-0.25, -0.2) is 36.8 Å². The van der Waals surface area contributed by atoms with Gasteiger partial charge in [-0.3, -0.25) is 19.4 Å². The van der Waals surface area contributed by atoms with E-state index in [4.69, 9.17) is 44.3 Å². The molecule has 6 heterocycles. The average Bonchev–Trinajstić information content (AvgIpc) is 3.75. The normalized spacial score (nSPS) is 11.3. The van der Waals surface area contributed by atoms with E-state index < -0.39 is 20.0 Å². The Morgan fingerprint density at radius 1 is 0.680 bits per heavy atom. The number of sulfonamides is 2. The third-order valence-corrected chi connectivity index (χ3v) is 12.1. The zero-order chi connectivity index (χ0) is 35.7. The lowest BCUT2D eigenvalue weighted by atomic mass is 10.3. The average molecular weight is 814 g/mol. The van der Waals surface area contributed by atoms with Crippen LogP contribution >= 0.6 is 57.5 Å². The molecule has 0 aromatic carbocycles. The van der Waals surface area contributed by atoms with Crippen LogP contribution in [-0.4, -0.2) is 46.7 Å². The zero-order valence-corrected chi connectivity index (χ0v) is 30.9. The van der Waals surface area contributed by atoms with Crippen molar-refractivity contribution in [2.24, 2.45) is 0 Å². The van der Waals surface area contributed by atoms with Crippen molar-refractivity contribution in [3.63, 3.8) is 0 Å². The van der Waals surface area contributed by atoms with E-state index in [0.29, 0.717) is 20.1 Å². The van der Waals surface area contributed by atoms with Gasteiger partial charge in [0.25, 0.3) is 31.8 Å². The molecule has 0 fully saturated rings. The highest BCUT2D eigenvalue weighted by molar-refractivity contribution is 7.95. The van der Waals surface area contributed by atoms with Crippen molar-refractivity contribution in [2.75, 3.05) is 9.44 Å². The minimum atomic E-state index is -3.89. The summed E-state index contributed by atoms with van der Waals surface area (Å²) in [5, 5.41) is 0.0205. The van der Waals surface area contributed by atoms with E-state index in [2.05, 4.69) is 39.3 Å². The van der Waals surface area contributed by atoms with E-state index >= 15 is 0 Å². The first-order chi connectivity index (χ1) is 23.9. The fourth-order valence-electron chi connectivity index (χ4n) is 3.65. The number of thiophene rings is 2. The molecule has 6 rings (SSSR count). The van der Waals surface area contributed by atoms with Crippen LogP contribution in [0.5, 0.6) is 11.8 Å². The highest BCUT2D eigenvalue weighted by Crippen LogP contribution is 2.31. The van der Waals surface area contributed by atoms with Gasteiger partial charge in [0.05, 0.1) is 32.5 Å². The molecule has 21 heteroatoms. The number of halogens is 3. The van der Waals surface area contributed by atoms with Crippen LogP contribution in [0.1, 0.15) is 17.0 Å². The van der Waals surface area contributed by atoms with E-state index in [1.54, 1.807) is 43.7 Å². The minimum absolute atomic E-state index is 0.0127. The highest BCUT2D eigenvalue weighted by atomic mass is 35.5. The summed E-state index contributed by atoms with van der Waals surface area (Å²) in [4.78, 5) is 24.3. The molecule has 2 N–H and O–H groups in total. The van der Waals surface area contributed by atoms with Crippen molar-refractivity contribution in [1.82, 2.24) is 29.9 Å². The molecular weight excluding hydrogens is 791 g/mol. The van der Waals surface area contributed by atoms with Gasteiger partial charge in [-0.15, -0.1) is 22.7 Å². The number of rotatable bonds is 12. The van der Waals surface area contributed by atoms with Crippen LogP contribution in [0.15, 0.2) is 94.0 Å². The predicted molar refractivity (Wildman–Crippen MR) is 191 cm³/mol. The molecule has 0 bridgehead atoms. The number of hydrogen-bond acceptors (Lipinski definition) is 14. The molecule has 260 valence electrons. The van der Waals surface area contributed by atoms with Crippen molar-refractivity contribution < 1.29 is 26.3 Å². The number of aromatic nitrogens is 6. The zero-order valence-electron chi connectivity index (χ0n) is 25.4. The molecule has 6 aromatic heterocycles. The summed E-state index contributed by atoms with van der Waals surface area (Å²) in [5.74, 6) is -0.0247. The van der Waals surface area contributed by atoms with Gasteiger partial charge in [-0.2, -0.15) is 0 Å². The first kappa shape index (κ1) is 37.1. The topological polar surface area (TPSA) is 188 Å². The minimum Gasteiger partial charge on any atom is -0.470 e. The molecule has 0 radical (unpaired) electrons. The van der Waals surface area contributed by atoms with E-state index in [1.807, 2.05) is 12.1 Å². The number of hydrogen-bond donors (Lipinski definition) is 2. The third kappa shape index (κ3) is 10.4. The van der Waals surface area contributed by atoms with Crippen LogP contribution in [0, 0.1) is 6.92 Å². The maximum atomic E-state index is 12.4. The number of ether oxygens (including phenoxy) is 2. The molecule has 0 atom stereocenters. The lowest BCUT2D eigenvalue weighted by Gasteiger charge is -2.11. The van der Waals surface area contributed by atoms with Gasteiger partial charge in [-0.05, 0) is 49.4 Å². The van der Waals surface area contributed by atoms with Crippen LogP contribution in [0.3, 0.4) is 0 Å². The van der Waals surface area contributed by atoms with Crippen LogP contribution in [0.4, 0.5) is 11.6 Å². The summed E-state index contributed by atoms with van der Waals surface area (Å²) in [5.41, 5.74) is 2.08. The van der Waals surface area contributed by atoms with E-state index in [1.165, 1.54) is 36.7 Å². The molecule has 0 aliphatic rings. The monoisotopic (exact) mass is 812 g/mol.